The molecule has 0 bridgehead atoms. The summed E-state index contributed by atoms with van der Waals surface area (Å²) in [5.74, 6) is 0. The van der Waals surface area contributed by atoms with Crippen molar-refractivity contribution in [3.63, 3.8) is 0 Å². The first-order valence-electron chi connectivity index (χ1n) is 20.0. The standard InChI is InChI=1S/C56H42N2/c1-39-16-9-11-22-48(39)52-25-15-27-54(56(52)49-23-12-10-17-40(49)2)58-53-26-14-13-24-50(53)51-37-36-47(38-55(51)58)57(45-32-28-43(29-33-45)41-18-5-3-6-19-41)46-34-30-44(31-35-46)42-20-7-4-8-21-42/h3-38H,1-2H3. The molecule has 1 aromatic heterocycles. The minimum absolute atomic E-state index is 1.09. The van der Waals surface area contributed by atoms with E-state index in [4.69, 9.17) is 0 Å². The predicted molar refractivity (Wildman–Crippen MR) is 247 cm³/mol. The normalized spacial score (nSPS) is 11.3. The van der Waals surface area contributed by atoms with Crippen LogP contribution in [-0.4, -0.2) is 4.57 Å². The zero-order valence-electron chi connectivity index (χ0n) is 32.7. The van der Waals surface area contributed by atoms with Crippen molar-refractivity contribution >= 4 is 38.9 Å². The zero-order chi connectivity index (χ0) is 39.0. The Kier molecular flexibility index (Phi) is 9.01. The van der Waals surface area contributed by atoms with Crippen molar-refractivity contribution in [1.82, 2.24) is 4.57 Å². The van der Waals surface area contributed by atoms with E-state index >= 15 is 0 Å². The van der Waals surface area contributed by atoms with Crippen molar-refractivity contribution in [2.75, 3.05) is 4.90 Å². The fraction of sp³-hybridized carbons (Fsp3) is 0.0357. The highest BCUT2D eigenvalue weighted by molar-refractivity contribution is 6.11. The lowest BCUT2D eigenvalue weighted by atomic mass is 9.89. The summed E-state index contributed by atoms with van der Waals surface area (Å²) in [7, 11) is 0. The monoisotopic (exact) mass is 742 g/mol. The molecular formula is C56H42N2. The van der Waals surface area contributed by atoms with Crippen LogP contribution in [0.4, 0.5) is 17.1 Å². The van der Waals surface area contributed by atoms with Crippen LogP contribution in [0, 0.1) is 13.8 Å². The molecule has 0 aliphatic carbocycles. The minimum Gasteiger partial charge on any atom is -0.310 e. The molecule has 1 heterocycles. The van der Waals surface area contributed by atoms with Crippen molar-refractivity contribution in [3.8, 4) is 50.2 Å². The lowest BCUT2D eigenvalue weighted by molar-refractivity contribution is 1.18. The molecule has 0 atom stereocenters. The SMILES string of the molecule is Cc1ccccc1-c1cccc(-n2c3ccccc3c3ccc(N(c4ccc(-c5ccccc5)cc4)c4ccc(-c5ccccc5)cc4)cc32)c1-c1ccccc1C. The second-order valence-corrected chi connectivity index (χ2v) is 15.0. The summed E-state index contributed by atoms with van der Waals surface area (Å²) in [6.07, 6.45) is 0. The van der Waals surface area contributed by atoms with Gasteiger partial charge in [0.2, 0.25) is 0 Å². The van der Waals surface area contributed by atoms with E-state index in [2.05, 4.69) is 242 Å². The summed E-state index contributed by atoms with van der Waals surface area (Å²) in [5, 5.41) is 2.45. The summed E-state index contributed by atoms with van der Waals surface area (Å²) in [6, 6.07) is 79.2. The number of aromatic nitrogens is 1. The van der Waals surface area contributed by atoms with Crippen molar-refractivity contribution in [2.45, 2.75) is 13.8 Å². The third kappa shape index (κ3) is 6.26. The van der Waals surface area contributed by atoms with Gasteiger partial charge in [-0.05, 0) is 112 Å². The smallest absolute Gasteiger partial charge is 0.0562 e. The summed E-state index contributed by atoms with van der Waals surface area (Å²) < 4.78 is 2.49. The second kappa shape index (κ2) is 14.9. The van der Waals surface area contributed by atoms with Gasteiger partial charge >= 0.3 is 0 Å². The maximum absolute atomic E-state index is 2.49. The molecule has 0 spiro atoms. The maximum Gasteiger partial charge on any atom is 0.0562 e. The van der Waals surface area contributed by atoms with E-state index in [1.807, 2.05) is 0 Å². The first-order valence-corrected chi connectivity index (χ1v) is 20.0. The Morgan fingerprint density at radius 3 is 1.40 bits per heavy atom. The molecule has 0 saturated heterocycles. The van der Waals surface area contributed by atoms with Crippen molar-refractivity contribution < 1.29 is 0 Å². The van der Waals surface area contributed by atoms with E-state index in [0.717, 1.165) is 28.3 Å². The van der Waals surface area contributed by atoms with Crippen LogP contribution in [-0.2, 0) is 0 Å². The molecule has 0 aliphatic heterocycles. The van der Waals surface area contributed by atoms with Crippen molar-refractivity contribution in [2.24, 2.45) is 0 Å². The number of nitrogens with zero attached hydrogens (tertiary/aromatic N) is 2. The van der Waals surface area contributed by atoms with Gasteiger partial charge in [-0.2, -0.15) is 0 Å². The molecule has 9 aromatic carbocycles. The van der Waals surface area contributed by atoms with Crippen LogP contribution in [0.5, 0.6) is 0 Å². The Morgan fingerprint density at radius 1 is 0.328 bits per heavy atom. The number of rotatable bonds is 8. The van der Waals surface area contributed by atoms with E-state index in [-0.39, 0.29) is 0 Å². The first-order chi connectivity index (χ1) is 28.6. The molecule has 0 aliphatic rings. The Bertz CT molecular complexity index is 2970. The van der Waals surface area contributed by atoms with Crippen molar-refractivity contribution in [3.05, 3.63) is 230 Å². The number of anilines is 3. The average molecular weight is 743 g/mol. The van der Waals surface area contributed by atoms with Crippen LogP contribution in [0.25, 0.3) is 72.0 Å². The number of aryl methyl sites for hydroxylation is 2. The van der Waals surface area contributed by atoms with E-state index in [1.54, 1.807) is 0 Å². The number of fused-ring (bicyclic) bond motifs is 3. The van der Waals surface area contributed by atoms with Crippen LogP contribution in [0.2, 0.25) is 0 Å². The Morgan fingerprint density at radius 2 is 0.793 bits per heavy atom. The van der Waals surface area contributed by atoms with Crippen LogP contribution >= 0.6 is 0 Å². The Hall–Kier alpha value is -7.42. The van der Waals surface area contributed by atoms with Crippen molar-refractivity contribution in [1.29, 1.82) is 0 Å². The molecule has 10 aromatic rings. The summed E-state index contributed by atoms with van der Waals surface area (Å²) >= 11 is 0. The average Bonchev–Trinajstić information content (AvgIpc) is 3.61. The van der Waals surface area contributed by atoms with E-state index < -0.39 is 0 Å². The van der Waals surface area contributed by atoms with Gasteiger partial charge < -0.3 is 9.47 Å². The minimum atomic E-state index is 1.09. The highest BCUT2D eigenvalue weighted by atomic mass is 15.1. The van der Waals surface area contributed by atoms with Gasteiger partial charge in [0.05, 0.1) is 16.7 Å². The molecule has 0 fully saturated rings. The zero-order valence-corrected chi connectivity index (χ0v) is 32.7. The highest BCUT2D eigenvalue weighted by Gasteiger charge is 2.22. The van der Waals surface area contributed by atoms with Crippen LogP contribution in [0.3, 0.4) is 0 Å². The fourth-order valence-corrected chi connectivity index (χ4v) is 8.63. The summed E-state index contributed by atoms with van der Waals surface area (Å²) in [4.78, 5) is 2.39. The highest BCUT2D eigenvalue weighted by Crippen LogP contribution is 2.45. The Labute approximate surface area is 340 Å². The molecular weight excluding hydrogens is 701 g/mol. The predicted octanol–water partition coefficient (Wildman–Crippen LogP) is 15.5. The molecule has 0 radical (unpaired) electrons. The van der Waals surface area contributed by atoms with E-state index in [0.29, 0.717) is 0 Å². The van der Waals surface area contributed by atoms with Gasteiger partial charge in [-0.1, -0.05) is 170 Å². The Balaban J connectivity index is 1.21. The lowest BCUT2D eigenvalue weighted by Gasteiger charge is -2.26. The molecule has 276 valence electrons. The molecule has 0 unspecified atom stereocenters. The molecule has 2 nitrogen and oxygen atoms in total. The molecule has 58 heavy (non-hydrogen) atoms. The summed E-state index contributed by atoms with van der Waals surface area (Å²) in [5.41, 5.74) is 19.0. The molecule has 0 N–H and O–H groups in total. The lowest BCUT2D eigenvalue weighted by Crippen LogP contribution is -2.10. The van der Waals surface area contributed by atoms with Crippen LogP contribution in [0.1, 0.15) is 11.1 Å². The molecule has 2 heteroatoms. The van der Waals surface area contributed by atoms with E-state index in [9.17, 15) is 0 Å². The molecule has 0 saturated carbocycles. The van der Waals surface area contributed by atoms with Gasteiger partial charge in [-0.25, -0.2) is 0 Å². The molecule has 10 rings (SSSR count). The third-order valence-corrected chi connectivity index (χ3v) is 11.5. The molecule has 0 amide bonds. The van der Waals surface area contributed by atoms with Crippen LogP contribution < -0.4 is 4.90 Å². The number of hydrogen-bond donors (Lipinski definition) is 0. The quantitative estimate of drug-likeness (QED) is 0.150. The number of hydrogen-bond acceptors (Lipinski definition) is 1. The van der Waals surface area contributed by atoms with Gasteiger partial charge in [0.15, 0.2) is 0 Å². The topological polar surface area (TPSA) is 8.17 Å². The third-order valence-electron chi connectivity index (χ3n) is 11.5. The van der Waals surface area contributed by atoms with Gasteiger partial charge in [-0.15, -0.1) is 0 Å². The van der Waals surface area contributed by atoms with Gasteiger partial charge in [0, 0.05) is 33.4 Å². The van der Waals surface area contributed by atoms with Gasteiger partial charge in [-0.3, -0.25) is 0 Å². The van der Waals surface area contributed by atoms with Gasteiger partial charge in [0.1, 0.15) is 0 Å². The van der Waals surface area contributed by atoms with Gasteiger partial charge in [0.25, 0.3) is 0 Å². The largest absolute Gasteiger partial charge is 0.310 e. The second-order valence-electron chi connectivity index (χ2n) is 15.0. The van der Waals surface area contributed by atoms with Crippen LogP contribution in [0.15, 0.2) is 218 Å². The number of para-hydroxylation sites is 1. The first kappa shape index (κ1) is 35.0. The van der Waals surface area contributed by atoms with E-state index in [1.165, 1.54) is 71.9 Å². The summed E-state index contributed by atoms with van der Waals surface area (Å²) in [6.45, 7) is 4.44. The maximum atomic E-state index is 2.49. The fourth-order valence-electron chi connectivity index (χ4n) is 8.63. The number of benzene rings is 9.